The van der Waals surface area contributed by atoms with E-state index in [0.717, 1.165) is 32.5 Å². The topological polar surface area (TPSA) is 37.4 Å². The molecule has 0 radical (unpaired) electrons. The predicted octanol–water partition coefficient (Wildman–Crippen LogP) is 1.54. The summed E-state index contributed by atoms with van der Waals surface area (Å²) in [6.07, 6.45) is 2.17. The van der Waals surface area contributed by atoms with Crippen LogP contribution in [0.4, 0.5) is 0 Å². The second kappa shape index (κ2) is 4.83. The first-order chi connectivity index (χ1) is 7.05. The minimum absolute atomic E-state index is 0.185. The van der Waals surface area contributed by atoms with Gasteiger partial charge < -0.3 is 4.90 Å². The van der Waals surface area contributed by atoms with Crippen molar-refractivity contribution in [2.75, 3.05) is 31.1 Å². The Morgan fingerprint density at radius 1 is 1.13 bits per heavy atom. The summed E-state index contributed by atoms with van der Waals surface area (Å²) in [7, 11) is -2.63. The van der Waals surface area contributed by atoms with Crippen molar-refractivity contribution in [3.8, 4) is 0 Å². The molecule has 15 heavy (non-hydrogen) atoms. The molecule has 4 heteroatoms. The van der Waals surface area contributed by atoms with Crippen molar-refractivity contribution in [2.24, 2.45) is 5.41 Å². The lowest BCUT2D eigenvalue weighted by Crippen LogP contribution is -2.54. The molecule has 2 rings (SSSR count). The van der Waals surface area contributed by atoms with Gasteiger partial charge in [0.05, 0.1) is 11.5 Å². The Morgan fingerprint density at radius 2 is 1.60 bits per heavy atom. The van der Waals surface area contributed by atoms with Gasteiger partial charge in [-0.15, -0.1) is 0 Å². The molecule has 2 fully saturated rings. The Labute approximate surface area is 93.8 Å². The van der Waals surface area contributed by atoms with Gasteiger partial charge >= 0.3 is 0 Å². The minimum Gasteiger partial charge on any atom is -0.304 e. The molecule has 0 atom stereocenters. The van der Waals surface area contributed by atoms with Crippen molar-refractivity contribution in [1.29, 1.82) is 0 Å². The average molecular weight is 233 g/mol. The quantitative estimate of drug-likeness (QED) is 0.689. The summed E-state index contributed by atoms with van der Waals surface area (Å²) in [5, 5.41) is 0. The first-order valence-electron chi connectivity index (χ1n) is 5.98. The number of nitrogens with zero attached hydrogens (tertiary/aromatic N) is 1. The maximum atomic E-state index is 11.1. The van der Waals surface area contributed by atoms with E-state index in [4.69, 9.17) is 0 Å². The SMILES string of the molecule is CC.CCN1CCC2(CC1)CS(=O)(=O)C2. The summed E-state index contributed by atoms with van der Waals surface area (Å²) in [6, 6.07) is 0. The zero-order valence-corrected chi connectivity index (χ0v) is 10.9. The summed E-state index contributed by atoms with van der Waals surface area (Å²) < 4.78 is 22.2. The van der Waals surface area contributed by atoms with E-state index in [1.807, 2.05) is 13.8 Å². The molecule has 2 saturated heterocycles. The van der Waals surface area contributed by atoms with Crippen molar-refractivity contribution < 1.29 is 8.42 Å². The molecule has 3 nitrogen and oxygen atoms in total. The number of rotatable bonds is 1. The van der Waals surface area contributed by atoms with Crippen LogP contribution >= 0.6 is 0 Å². The van der Waals surface area contributed by atoms with Crippen LogP contribution in [0.3, 0.4) is 0 Å². The van der Waals surface area contributed by atoms with E-state index in [-0.39, 0.29) is 5.41 Å². The van der Waals surface area contributed by atoms with Crippen molar-refractivity contribution in [3.05, 3.63) is 0 Å². The van der Waals surface area contributed by atoms with Gasteiger partial charge in [-0.3, -0.25) is 0 Å². The van der Waals surface area contributed by atoms with Gasteiger partial charge in [0.15, 0.2) is 9.84 Å². The fraction of sp³-hybridized carbons (Fsp3) is 1.00. The molecule has 0 unspecified atom stereocenters. The molecule has 0 bridgehead atoms. The average Bonchev–Trinajstić information content (AvgIpc) is 2.19. The van der Waals surface area contributed by atoms with Gasteiger partial charge in [0.2, 0.25) is 0 Å². The van der Waals surface area contributed by atoms with Crippen LogP contribution in [-0.2, 0) is 9.84 Å². The number of hydrogen-bond acceptors (Lipinski definition) is 3. The van der Waals surface area contributed by atoms with Crippen LogP contribution in [0.25, 0.3) is 0 Å². The monoisotopic (exact) mass is 233 g/mol. The van der Waals surface area contributed by atoms with E-state index < -0.39 is 9.84 Å². The summed E-state index contributed by atoms with van der Waals surface area (Å²) in [6.45, 7) is 9.44. The van der Waals surface area contributed by atoms with Crippen molar-refractivity contribution in [3.63, 3.8) is 0 Å². The van der Waals surface area contributed by atoms with Crippen LogP contribution in [-0.4, -0.2) is 44.5 Å². The molecule has 0 amide bonds. The molecule has 90 valence electrons. The Morgan fingerprint density at radius 3 is 1.93 bits per heavy atom. The van der Waals surface area contributed by atoms with Crippen molar-refractivity contribution in [2.45, 2.75) is 33.6 Å². The zero-order valence-electron chi connectivity index (χ0n) is 10.1. The van der Waals surface area contributed by atoms with Crippen molar-refractivity contribution in [1.82, 2.24) is 4.90 Å². The highest BCUT2D eigenvalue weighted by Crippen LogP contribution is 2.41. The highest BCUT2D eigenvalue weighted by atomic mass is 32.2. The van der Waals surface area contributed by atoms with Gasteiger partial charge in [-0.05, 0) is 32.5 Å². The molecule has 1 spiro atoms. The van der Waals surface area contributed by atoms with Gasteiger partial charge in [0.25, 0.3) is 0 Å². The standard InChI is InChI=1S/C9H17NO2S.C2H6/c1-2-10-5-3-9(4-6-10)7-13(11,12)8-9;1-2/h2-8H2,1H3;1-2H3. The van der Waals surface area contributed by atoms with Crippen molar-refractivity contribution >= 4 is 9.84 Å². The number of likely N-dealkylation sites (tertiary alicyclic amines) is 1. The molecule has 0 aliphatic carbocycles. The summed E-state index contributed by atoms with van der Waals surface area (Å²) in [5.41, 5.74) is 0.185. The van der Waals surface area contributed by atoms with Gasteiger partial charge in [-0.1, -0.05) is 20.8 Å². The first-order valence-corrected chi connectivity index (χ1v) is 7.80. The Bertz CT molecular complexity index is 276. The third kappa shape index (κ3) is 2.94. The molecule has 2 heterocycles. The van der Waals surface area contributed by atoms with Crippen LogP contribution in [0, 0.1) is 5.41 Å². The third-order valence-corrected chi connectivity index (χ3v) is 5.52. The molecule has 0 N–H and O–H groups in total. The predicted molar refractivity (Wildman–Crippen MR) is 63.8 cm³/mol. The van der Waals surface area contributed by atoms with Crippen LogP contribution in [0.15, 0.2) is 0 Å². The second-order valence-electron chi connectivity index (χ2n) is 4.47. The Hall–Kier alpha value is -0.0900. The fourth-order valence-corrected chi connectivity index (χ4v) is 4.88. The van der Waals surface area contributed by atoms with Crippen LogP contribution < -0.4 is 0 Å². The highest BCUT2D eigenvalue weighted by molar-refractivity contribution is 7.92. The maximum Gasteiger partial charge on any atom is 0.151 e. The minimum atomic E-state index is -2.63. The number of piperidine rings is 1. The molecular weight excluding hydrogens is 210 g/mol. The largest absolute Gasteiger partial charge is 0.304 e. The van der Waals surface area contributed by atoms with Crippen LogP contribution in [0.2, 0.25) is 0 Å². The van der Waals surface area contributed by atoms with E-state index in [9.17, 15) is 8.42 Å². The summed E-state index contributed by atoms with van der Waals surface area (Å²) in [5.74, 6) is 0.912. The molecule has 0 aromatic heterocycles. The molecule has 0 saturated carbocycles. The smallest absolute Gasteiger partial charge is 0.151 e. The van der Waals surface area contributed by atoms with E-state index in [1.165, 1.54) is 0 Å². The second-order valence-corrected chi connectivity index (χ2v) is 6.53. The van der Waals surface area contributed by atoms with Gasteiger partial charge in [0, 0.05) is 5.41 Å². The summed E-state index contributed by atoms with van der Waals surface area (Å²) >= 11 is 0. The lowest BCUT2D eigenvalue weighted by atomic mass is 9.81. The van der Waals surface area contributed by atoms with Gasteiger partial charge in [-0.25, -0.2) is 8.42 Å². The fourth-order valence-electron chi connectivity index (χ4n) is 2.52. The first kappa shape index (κ1) is 13.0. The highest BCUT2D eigenvalue weighted by Gasteiger charge is 2.49. The van der Waals surface area contributed by atoms with E-state index >= 15 is 0 Å². The Balaban J connectivity index is 0.000000531. The van der Waals surface area contributed by atoms with E-state index in [1.54, 1.807) is 0 Å². The summed E-state index contributed by atoms with van der Waals surface area (Å²) in [4.78, 5) is 2.40. The molecule has 2 aliphatic rings. The van der Waals surface area contributed by atoms with E-state index in [2.05, 4.69) is 11.8 Å². The molecule has 0 aromatic rings. The Kier molecular flexibility index (Phi) is 4.18. The van der Waals surface area contributed by atoms with Gasteiger partial charge in [-0.2, -0.15) is 0 Å². The number of hydrogen-bond donors (Lipinski definition) is 0. The third-order valence-electron chi connectivity index (χ3n) is 3.42. The van der Waals surface area contributed by atoms with Gasteiger partial charge in [0.1, 0.15) is 0 Å². The van der Waals surface area contributed by atoms with Crippen LogP contribution in [0.5, 0.6) is 0 Å². The van der Waals surface area contributed by atoms with Crippen LogP contribution in [0.1, 0.15) is 33.6 Å². The maximum absolute atomic E-state index is 11.1. The molecular formula is C11H23NO2S. The molecule has 2 aliphatic heterocycles. The lowest BCUT2D eigenvalue weighted by molar-refractivity contribution is 0.131. The molecule has 0 aromatic carbocycles. The lowest BCUT2D eigenvalue weighted by Gasteiger charge is -2.46. The normalized spacial score (nSPS) is 27.7. The van der Waals surface area contributed by atoms with E-state index in [0.29, 0.717) is 11.5 Å². The zero-order chi connectivity index (χ0) is 11.5. The number of sulfone groups is 1.